The molecule has 5 nitrogen and oxygen atoms in total. The van der Waals surface area contributed by atoms with Crippen LogP contribution in [0, 0.1) is 26.7 Å². The van der Waals surface area contributed by atoms with E-state index < -0.39 is 0 Å². The highest BCUT2D eigenvalue weighted by molar-refractivity contribution is 7.98. The van der Waals surface area contributed by atoms with Gasteiger partial charge >= 0.3 is 0 Å². The molecule has 0 aliphatic heterocycles. The average Bonchev–Trinajstić information content (AvgIpc) is 2.80. The van der Waals surface area contributed by atoms with Gasteiger partial charge in [0.05, 0.1) is 16.6 Å². The van der Waals surface area contributed by atoms with E-state index in [-0.39, 0.29) is 11.5 Å². The summed E-state index contributed by atoms with van der Waals surface area (Å²) < 4.78 is 1.70. The molecular formula is C29H31N3O2S. The Kier molecular flexibility index (Phi) is 7.41. The number of benzene rings is 3. The molecule has 180 valence electrons. The number of fused-ring (bicyclic) bond motifs is 1. The first-order valence-corrected chi connectivity index (χ1v) is 12.8. The standard InChI is InChI=1S/C29H31N3O2S/c1-18(2)16-30-27(33)23-9-10-25-26(15-23)31-29(35-17-22-8-6-7-19(3)12-22)32(28(25)34)24-13-20(4)11-21(5)14-24/h6-15,18H,16-17H2,1-5H3,(H,30,33). The summed E-state index contributed by atoms with van der Waals surface area (Å²) in [5, 5.41) is 4.03. The van der Waals surface area contributed by atoms with Crippen molar-refractivity contribution in [2.24, 2.45) is 5.92 Å². The lowest BCUT2D eigenvalue weighted by Gasteiger charge is -2.15. The van der Waals surface area contributed by atoms with E-state index in [9.17, 15) is 9.59 Å². The normalized spacial score (nSPS) is 11.3. The van der Waals surface area contributed by atoms with Gasteiger partial charge in [0.15, 0.2) is 5.16 Å². The molecular weight excluding hydrogens is 454 g/mol. The van der Waals surface area contributed by atoms with Crippen LogP contribution in [0.3, 0.4) is 0 Å². The molecule has 0 saturated carbocycles. The molecule has 0 radical (unpaired) electrons. The van der Waals surface area contributed by atoms with E-state index in [4.69, 9.17) is 4.98 Å². The van der Waals surface area contributed by atoms with Crippen LogP contribution in [0.5, 0.6) is 0 Å². The second kappa shape index (κ2) is 10.5. The van der Waals surface area contributed by atoms with Crippen LogP contribution in [0.15, 0.2) is 70.6 Å². The molecule has 0 aliphatic carbocycles. The molecule has 1 N–H and O–H groups in total. The zero-order chi connectivity index (χ0) is 25.1. The largest absolute Gasteiger partial charge is 0.352 e. The van der Waals surface area contributed by atoms with Crippen molar-refractivity contribution in [3.8, 4) is 5.69 Å². The van der Waals surface area contributed by atoms with Crippen molar-refractivity contribution in [3.63, 3.8) is 0 Å². The summed E-state index contributed by atoms with van der Waals surface area (Å²) >= 11 is 1.52. The lowest BCUT2D eigenvalue weighted by atomic mass is 10.1. The van der Waals surface area contributed by atoms with E-state index in [1.54, 1.807) is 22.8 Å². The van der Waals surface area contributed by atoms with Gasteiger partial charge in [-0.1, -0.05) is 61.5 Å². The number of carbonyl (C=O) groups is 1. The fourth-order valence-electron chi connectivity index (χ4n) is 4.06. The van der Waals surface area contributed by atoms with Gasteiger partial charge in [-0.25, -0.2) is 4.98 Å². The molecule has 1 amide bonds. The Balaban J connectivity index is 1.82. The number of nitrogens with zero attached hydrogens (tertiary/aromatic N) is 2. The molecule has 0 unspecified atom stereocenters. The predicted octanol–water partition coefficient (Wildman–Crippen LogP) is 5.99. The maximum absolute atomic E-state index is 13.7. The quantitative estimate of drug-likeness (QED) is 0.258. The number of amides is 1. The van der Waals surface area contributed by atoms with Gasteiger partial charge < -0.3 is 5.32 Å². The van der Waals surface area contributed by atoms with Gasteiger partial charge in [-0.3, -0.25) is 14.2 Å². The SMILES string of the molecule is Cc1cccc(CSc2nc3cc(C(=O)NCC(C)C)ccc3c(=O)n2-c2cc(C)cc(C)c2)c1. The van der Waals surface area contributed by atoms with E-state index in [0.717, 1.165) is 22.4 Å². The Labute approximate surface area is 210 Å². The Morgan fingerprint density at radius 3 is 2.40 bits per heavy atom. The summed E-state index contributed by atoms with van der Waals surface area (Å²) in [5.41, 5.74) is 6.21. The highest BCUT2D eigenvalue weighted by Gasteiger charge is 2.16. The predicted molar refractivity (Wildman–Crippen MR) is 145 cm³/mol. The fourth-order valence-corrected chi connectivity index (χ4v) is 5.02. The number of rotatable bonds is 7. The number of nitrogens with one attached hydrogen (secondary N) is 1. The minimum absolute atomic E-state index is 0.138. The van der Waals surface area contributed by atoms with Crippen LogP contribution < -0.4 is 10.9 Å². The van der Waals surface area contributed by atoms with Gasteiger partial charge in [-0.15, -0.1) is 0 Å². The molecule has 4 rings (SSSR count). The number of thioether (sulfide) groups is 1. The first kappa shape index (κ1) is 24.7. The molecule has 0 atom stereocenters. The number of aryl methyl sites for hydroxylation is 3. The molecule has 6 heteroatoms. The third kappa shape index (κ3) is 5.82. The van der Waals surface area contributed by atoms with Crippen LogP contribution >= 0.6 is 11.8 Å². The molecule has 4 aromatic rings. The molecule has 1 heterocycles. The molecule has 0 saturated heterocycles. The smallest absolute Gasteiger partial charge is 0.266 e. The van der Waals surface area contributed by atoms with Gasteiger partial charge in [0.1, 0.15) is 0 Å². The summed E-state index contributed by atoms with van der Waals surface area (Å²) in [6, 6.07) is 19.6. The molecule has 0 spiro atoms. The van der Waals surface area contributed by atoms with Crippen LogP contribution in [-0.2, 0) is 5.75 Å². The lowest BCUT2D eigenvalue weighted by molar-refractivity contribution is 0.0949. The van der Waals surface area contributed by atoms with E-state index in [1.165, 1.54) is 17.3 Å². The Hall–Kier alpha value is -3.38. The van der Waals surface area contributed by atoms with Gasteiger partial charge in [-0.05, 0) is 73.7 Å². The van der Waals surface area contributed by atoms with Crippen LogP contribution in [-0.4, -0.2) is 22.0 Å². The summed E-state index contributed by atoms with van der Waals surface area (Å²) in [7, 11) is 0. The summed E-state index contributed by atoms with van der Waals surface area (Å²) in [6.07, 6.45) is 0. The molecule has 3 aromatic carbocycles. The number of hydrogen-bond donors (Lipinski definition) is 1. The zero-order valence-corrected chi connectivity index (χ0v) is 21.7. The van der Waals surface area contributed by atoms with Crippen molar-refractivity contribution in [2.45, 2.75) is 45.5 Å². The van der Waals surface area contributed by atoms with Crippen molar-refractivity contribution in [1.82, 2.24) is 14.9 Å². The van der Waals surface area contributed by atoms with Crippen LogP contribution in [0.4, 0.5) is 0 Å². The first-order valence-electron chi connectivity index (χ1n) is 11.8. The Morgan fingerprint density at radius 2 is 1.71 bits per heavy atom. The van der Waals surface area contributed by atoms with Gasteiger partial charge in [0.25, 0.3) is 11.5 Å². The zero-order valence-electron chi connectivity index (χ0n) is 20.9. The molecule has 35 heavy (non-hydrogen) atoms. The minimum Gasteiger partial charge on any atom is -0.352 e. The van der Waals surface area contributed by atoms with Crippen molar-refractivity contribution < 1.29 is 4.79 Å². The van der Waals surface area contributed by atoms with Gasteiger partial charge in [-0.2, -0.15) is 0 Å². The number of hydrogen-bond acceptors (Lipinski definition) is 4. The van der Waals surface area contributed by atoms with Crippen LogP contribution in [0.1, 0.15) is 46.5 Å². The van der Waals surface area contributed by atoms with E-state index in [1.807, 2.05) is 32.0 Å². The second-order valence-corrected chi connectivity index (χ2v) is 10.4. The minimum atomic E-state index is -0.158. The summed E-state index contributed by atoms with van der Waals surface area (Å²) in [6.45, 7) is 10.8. The topological polar surface area (TPSA) is 64.0 Å². The van der Waals surface area contributed by atoms with Gasteiger partial charge in [0.2, 0.25) is 0 Å². The van der Waals surface area contributed by atoms with Crippen molar-refractivity contribution in [1.29, 1.82) is 0 Å². The Bertz CT molecular complexity index is 1440. The maximum Gasteiger partial charge on any atom is 0.266 e. The highest BCUT2D eigenvalue weighted by Crippen LogP contribution is 2.26. The fraction of sp³-hybridized carbons (Fsp3) is 0.276. The molecule has 0 aliphatic rings. The summed E-state index contributed by atoms with van der Waals surface area (Å²) in [5.74, 6) is 0.876. The molecule has 0 fully saturated rings. The summed E-state index contributed by atoms with van der Waals surface area (Å²) in [4.78, 5) is 31.3. The first-order chi connectivity index (χ1) is 16.7. The molecule has 1 aromatic heterocycles. The van der Waals surface area contributed by atoms with Gasteiger partial charge in [0, 0.05) is 17.9 Å². The molecule has 0 bridgehead atoms. The van der Waals surface area contributed by atoms with E-state index in [0.29, 0.717) is 39.8 Å². The van der Waals surface area contributed by atoms with Crippen LogP contribution in [0.2, 0.25) is 0 Å². The average molecular weight is 486 g/mol. The van der Waals surface area contributed by atoms with E-state index in [2.05, 4.69) is 50.4 Å². The second-order valence-electron chi connectivity index (χ2n) is 9.49. The van der Waals surface area contributed by atoms with Crippen LogP contribution in [0.25, 0.3) is 16.6 Å². The Morgan fingerprint density at radius 1 is 0.971 bits per heavy atom. The monoisotopic (exact) mass is 485 g/mol. The van der Waals surface area contributed by atoms with Crippen molar-refractivity contribution in [3.05, 3.63) is 98.8 Å². The van der Waals surface area contributed by atoms with Crippen molar-refractivity contribution >= 4 is 28.6 Å². The third-order valence-electron chi connectivity index (χ3n) is 5.69. The van der Waals surface area contributed by atoms with Crippen molar-refractivity contribution in [2.75, 3.05) is 6.54 Å². The third-order valence-corrected chi connectivity index (χ3v) is 6.70. The lowest BCUT2D eigenvalue weighted by Crippen LogP contribution is -2.27. The maximum atomic E-state index is 13.7. The number of carbonyl (C=O) groups excluding carboxylic acids is 1. The highest BCUT2D eigenvalue weighted by atomic mass is 32.2. The van der Waals surface area contributed by atoms with E-state index >= 15 is 0 Å². The number of aromatic nitrogens is 2.